The maximum Gasteiger partial charge on any atom is 0.220 e. The molecule has 3 N–H and O–H groups in total. The van der Waals surface area contributed by atoms with Crippen LogP contribution >= 0.6 is 0 Å². The first kappa shape index (κ1) is 14.0. The highest BCUT2D eigenvalue weighted by atomic mass is 16.2. The van der Waals surface area contributed by atoms with Crippen LogP contribution in [0.4, 0.5) is 0 Å². The van der Waals surface area contributed by atoms with Gasteiger partial charge in [0.1, 0.15) is 0 Å². The summed E-state index contributed by atoms with van der Waals surface area (Å²) in [5.41, 5.74) is 0. The smallest absolute Gasteiger partial charge is 0.220 e. The minimum atomic E-state index is 0.0793. The van der Waals surface area contributed by atoms with E-state index in [-0.39, 0.29) is 11.8 Å². The number of hydrogen-bond donors (Lipinski definition) is 3. The van der Waals surface area contributed by atoms with E-state index in [4.69, 9.17) is 0 Å². The molecule has 0 aromatic rings. The van der Waals surface area contributed by atoms with E-state index >= 15 is 0 Å². The molecule has 17 heavy (non-hydrogen) atoms. The van der Waals surface area contributed by atoms with Gasteiger partial charge in [0.05, 0.1) is 0 Å². The lowest BCUT2D eigenvalue weighted by Crippen LogP contribution is -2.26. The Balaban J connectivity index is 1.80. The van der Waals surface area contributed by atoms with E-state index in [0.717, 1.165) is 38.8 Å². The van der Waals surface area contributed by atoms with Crippen LogP contribution < -0.4 is 16.0 Å². The first-order chi connectivity index (χ1) is 8.22. The van der Waals surface area contributed by atoms with Gasteiger partial charge in [-0.15, -0.1) is 0 Å². The Morgan fingerprint density at radius 3 is 2.18 bits per heavy atom. The molecule has 1 saturated carbocycles. The largest absolute Gasteiger partial charge is 0.359 e. The normalized spacial score (nSPS) is 14.4. The summed E-state index contributed by atoms with van der Waals surface area (Å²) in [6, 6.07) is 0.461. The second-order valence-corrected chi connectivity index (χ2v) is 4.47. The van der Waals surface area contributed by atoms with Gasteiger partial charge in [0.25, 0.3) is 0 Å². The second-order valence-electron chi connectivity index (χ2n) is 4.47. The van der Waals surface area contributed by atoms with E-state index in [1.807, 2.05) is 0 Å². The third-order valence-corrected chi connectivity index (χ3v) is 2.74. The summed E-state index contributed by atoms with van der Waals surface area (Å²) in [5.74, 6) is 0.246. The highest BCUT2D eigenvalue weighted by Gasteiger charge is 2.22. The molecule has 1 aliphatic carbocycles. The summed E-state index contributed by atoms with van der Waals surface area (Å²) >= 11 is 0. The van der Waals surface area contributed by atoms with E-state index in [0.29, 0.717) is 18.9 Å². The topological polar surface area (TPSA) is 70.2 Å². The zero-order valence-corrected chi connectivity index (χ0v) is 10.6. The Bertz CT molecular complexity index is 252. The lowest BCUT2D eigenvalue weighted by atomic mass is 10.2. The van der Waals surface area contributed by atoms with Crippen molar-refractivity contribution >= 4 is 11.8 Å². The second kappa shape index (κ2) is 8.06. The fourth-order valence-electron chi connectivity index (χ4n) is 1.53. The molecule has 1 rings (SSSR count). The van der Waals surface area contributed by atoms with Crippen molar-refractivity contribution in [3.63, 3.8) is 0 Å². The van der Waals surface area contributed by atoms with E-state index in [2.05, 4.69) is 16.0 Å². The van der Waals surface area contributed by atoms with Crippen molar-refractivity contribution in [1.29, 1.82) is 0 Å². The van der Waals surface area contributed by atoms with Crippen molar-refractivity contribution in [2.24, 2.45) is 0 Å². The molecule has 5 heteroatoms. The molecule has 0 saturated heterocycles. The predicted octanol–water partition coefficient (Wildman–Crippen LogP) is 0.161. The summed E-state index contributed by atoms with van der Waals surface area (Å²) in [4.78, 5) is 22.2. The molecule has 0 bridgehead atoms. The first-order valence-electron chi connectivity index (χ1n) is 6.43. The zero-order chi connectivity index (χ0) is 12.5. The summed E-state index contributed by atoms with van der Waals surface area (Å²) in [5, 5.41) is 8.77. The van der Waals surface area contributed by atoms with Crippen LogP contribution in [0.15, 0.2) is 0 Å². The average molecular weight is 241 g/mol. The predicted molar refractivity (Wildman–Crippen MR) is 66.6 cm³/mol. The molecule has 0 radical (unpaired) electrons. The summed E-state index contributed by atoms with van der Waals surface area (Å²) in [7, 11) is 1.65. The minimum Gasteiger partial charge on any atom is -0.359 e. The fourth-order valence-corrected chi connectivity index (χ4v) is 1.53. The van der Waals surface area contributed by atoms with E-state index in [1.54, 1.807) is 7.05 Å². The standard InChI is InChI=1S/C12H23N3O2/c1-13-11(16)4-2-8-14-9-3-5-12(17)15-10-6-7-10/h10,14H,2-9H2,1H3,(H,13,16)(H,15,17). The zero-order valence-electron chi connectivity index (χ0n) is 10.6. The quantitative estimate of drug-likeness (QED) is 0.504. The van der Waals surface area contributed by atoms with Gasteiger partial charge in [-0.3, -0.25) is 9.59 Å². The van der Waals surface area contributed by atoms with Gasteiger partial charge in [-0.25, -0.2) is 0 Å². The average Bonchev–Trinajstić information content (AvgIpc) is 3.11. The van der Waals surface area contributed by atoms with E-state index in [9.17, 15) is 9.59 Å². The van der Waals surface area contributed by atoms with Gasteiger partial charge in [-0.05, 0) is 38.8 Å². The molecule has 0 atom stereocenters. The maximum atomic E-state index is 11.3. The molecule has 1 fully saturated rings. The molecule has 98 valence electrons. The van der Waals surface area contributed by atoms with E-state index in [1.165, 1.54) is 0 Å². The summed E-state index contributed by atoms with van der Waals surface area (Å²) in [6.45, 7) is 1.67. The van der Waals surface area contributed by atoms with Gasteiger partial charge in [-0.2, -0.15) is 0 Å². The summed E-state index contributed by atoms with van der Waals surface area (Å²) in [6.07, 6.45) is 5.14. The van der Waals surface area contributed by atoms with Gasteiger partial charge < -0.3 is 16.0 Å². The van der Waals surface area contributed by atoms with Gasteiger partial charge in [-0.1, -0.05) is 0 Å². The van der Waals surface area contributed by atoms with Crippen molar-refractivity contribution < 1.29 is 9.59 Å². The van der Waals surface area contributed by atoms with Crippen LogP contribution in [0.2, 0.25) is 0 Å². The Morgan fingerprint density at radius 1 is 1.06 bits per heavy atom. The van der Waals surface area contributed by atoms with Crippen molar-refractivity contribution in [1.82, 2.24) is 16.0 Å². The number of rotatable bonds is 9. The third-order valence-electron chi connectivity index (χ3n) is 2.74. The molecule has 0 spiro atoms. The maximum absolute atomic E-state index is 11.3. The lowest BCUT2D eigenvalue weighted by molar-refractivity contribution is -0.121. The van der Waals surface area contributed by atoms with Gasteiger partial charge in [0, 0.05) is 25.9 Å². The Hall–Kier alpha value is -1.10. The van der Waals surface area contributed by atoms with Crippen LogP contribution in [0.25, 0.3) is 0 Å². The highest BCUT2D eigenvalue weighted by Crippen LogP contribution is 2.18. The van der Waals surface area contributed by atoms with Gasteiger partial charge in [0.2, 0.25) is 11.8 Å². The molecule has 0 aliphatic heterocycles. The van der Waals surface area contributed by atoms with Crippen molar-refractivity contribution in [3.8, 4) is 0 Å². The number of carbonyl (C=O) groups is 2. The Kier molecular flexibility index (Phi) is 6.62. The van der Waals surface area contributed by atoms with Gasteiger partial charge in [0.15, 0.2) is 0 Å². The summed E-state index contributed by atoms with van der Waals surface area (Å²) < 4.78 is 0. The van der Waals surface area contributed by atoms with Crippen molar-refractivity contribution in [2.45, 2.75) is 44.6 Å². The molecule has 5 nitrogen and oxygen atoms in total. The highest BCUT2D eigenvalue weighted by molar-refractivity contribution is 5.76. The first-order valence-corrected chi connectivity index (χ1v) is 6.43. The van der Waals surface area contributed by atoms with Crippen molar-refractivity contribution in [2.75, 3.05) is 20.1 Å². The van der Waals surface area contributed by atoms with Crippen LogP contribution in [-0.4, -0.2) is 38.0 Å². The van der Waals surface area contributed by atoms with Crippen LogP contribution in [-0.2, 0) is 9.59 Å². The molecule has 0 heterocycles. The number of hydrogen-bond acceptors (Lipinski definition) is 3. The molecule has 0 aromatic heterocycles. The van der Waals surface area contributed by atoms with Crippen LogP contribution in [0.1, 0.15) is 38.5 Å². The SMILES string of the molecule is CNC(=O)CCCNCCCC(=O)NC1CC1. The van der Waals surface area contributed by atoms with Crippen LogP contribution in [0.3, 0.4) is 0 Å². The van der Waals surface area contributed by atoms with E-state index < -0.39 is 0 Å². The van der Waals surface area contributed by atoms with Gasteiger partial charge >= 0.3 is 0 Å². The minimum absolute atomic E-state index is 0.0793. The fraction of sp³-hybridized carbons (Fsp3) is 0.833. The van der Waals surface area contributed by atoms with Crippen molar-refractivity contribution in [3.05, 3.63) is 0 Å². The molecule has 0 unspecified atom stereocenters. The lowest BCUT2D eigenvalue weighted by Gasteiger charge is -2.05. The van der Waals surface area contributed by atoms with Crippen LogP contribution in [0.5, 0.6) is 0 Å². The number of nitrogens with one attached hydrogen (secondary N) is 3. The number of carbonyl (C=O) groups excluding carboxylic acids is 2. The molecule has 1 aliphatic rings. The Labute approximate surface area is 103 Å². The number of amides is 2. The Morgan fingerprint density at radius 2 is 1.65 bits per heavy atom. The molecule has 2 amide bonds. The third kappa shape index (κ3) is 7.74. The van der Waals surface area contributed by atoms with Crippen LogP contribution in [0, 0.1) is 0 Å². The molecule has 0 aromatic carbocycles. The molecular formula is C12H23N3O2. The molecular weight excluding hydrogens is 218 g/mol. The monoisotopic (exact) mass is 241 g/mol.